The minimum absolute atomic E-state index is 0.667. The Labute approximate surface area is 79.6 Å². The maximum Gasteiger partial charge on any atom is 0.0991 e. The van der Waals surface area contributed by atoms with Gasteiger partial charge in [0.15, 0.2) is 0 Å². The van der Waals surface area contributed by atoms with E-state index in [9.17, 15) is 0 Å². The maximum absolute atomic E-state index is 7.83. The standard InChI is InChI=1S/C8H11N.C2H7NO/c1-3-8-5-4-7(2)9-6-8;1-2(3)4/h4-6H,3H2,1-2H3;2,4H,3H2,1H3. The lowest BCUT2D eigenvalue weighted by molar-refractivity contribution is 0.203. The molecule has 0 amide bonds. The fourth-order valence-electron chi connectivity index (χ4n) is 0.708. The Kier molecular flexibility index (Phi) is 6.10. The van der Waals surface area contributed by atoms with E-state index >= 15 is 0 Å². The van der Waals surface area contributed by atoms with Crippen molar-refractivity contribution in [3.05, 3.63) is 29.6 Å². The van der Waals surface area contributed by atoms with Crippen molar-refractivity contribution in [1.82, 2.24) is 4.98 Å². The van der Waals surface area contributed by atoms with Crippen LogP contribution in [-0.4, -0.2) is 16.3 Å². The van der Waals surface area contributed by atoms with Crippen molar-refractivity contribution in [2.45, 2.75) is 33.4 Å². The lowest BCUT2D eigenvalue weighted by Gasteiger charge is -1.93. The number of hydrogen-bond donors (Lipinski definition) is 2. The molecule has 0 fully saturated rings. The summed E-state index contributed by atoms with van der Waals surface area (Å²) in [4.78, 5) is 4.15. The number of aliphatic hydroxyl groups excluding tert-OH is 1. The molecule has 0 saturated heterocycles. The molecule has 3 nitrogen and oxygen atoms in total. The molecule has 1 rings (SSSR count). The van der Waals surface area contributed by atoms with Gasteiger partial charge in [0.1, 0.15) is 0 Å². The third-order valence-corrected chi connectivity index (χ3v) is 1.38. The summed E-state index contributed by atoms with van der Waals surface area (Å²) in [6.07, 6.45) is 2.34. The first-order chi connectivity index (χ1) is 6.06. The number of pyridine rings is 1. The normalized spacial score (nSPS) is 11.5. The summed E-state index contributed by atoms with van der Waals surface area (Å²) in [5, 5.41) is 7.83. The van der Waals surface area contributed by atoms with Gasteiger partial charge >= 0.3 is 0 Å². The van der Waals surface area contributed by atoms with Crippen LogP contribution in [0.1, 0.15) is 25.1 Å². The van der Waals surface area contributed by atoms with E-state index in [0.717, 1.165) is 12.1 Å². The molecular formula is C10H18N2O. The van der Waals surface area contributed by atoms with Crippen molar-refractivity contribution in [1.29, 1.82) is 0 Å². The van der Waals surface area contributed by atoms with Gasteiger partial charge in [0.25, 0.3) is 0 Å². The smallest absolute Gasteiger partial charge is 0.0991 e. The summed E-state index contributed by atoms with van der Waals surface area (Å²) >= 11 is 0. The fourth-order valence-corrected chi connectivity index (χ4v) is 0.708. The molecule has 0 bridgehead atoms. The Bertz CT molecular complexity index is 216. The Morgan fingerprint density at radius 1 is 1.54 bits per heavy atom. The van der Waals surface area contributed by atoms with E-state index in [1.54, 1.807) is 0 Å². The van der Waals surface area contributed by atoms with Crippen LogP contribution in [0, 0.1) is 6.92 Å². The number of nitrogens with two attached hydrogens (primary N) is 1. The van der Waals surface area contributed by atoms with E-state index in [-0.39, 0.29) is 0 Å². The van der Waals surface area contributed by atoms with Crippen molar-refractivity contribution in [2.24, 2.45) is 5.73 Å². The lowest BCUT2D eigenvalue weighted by atomic mass is 10.2. The number of aryl methyl sites for hydroxylation is 2. The van der Waals surface area contributed by atoms with E-state index in [2.05, 4.69) is 23.7 Å². The van der Waals surface area contributed by atoms with Crippen molar-refractivity contribution < 1.29 is 5.11 Å². The lowest BCUT2D eigenvalue weighted by Crippen LogP contribution is -2.11. The van der Waals surface area contributed by atoms with Gasteiger partial charge in [0.2, 0.25) is 0 Å². The molecule has 1 unspecified atom stereocenters. The second kappa shape index (κ2) is 6.57. The minimum Gasteiger partial charge on any atom is -0.379 e. The molecule has 74 valence electrons. The Balaban J connectivity index is 0.000000310. The molecule has 1 aromatic heterocycles. The summed E-state index contributed by atoms with van der Waals surface area (Å²) in [7, 11) is 0. The van der Waals surface area contributed by atoms with Gasteiger partial charge in [-0.15, -0.1) is 0 Å². The summed E-state index contributed by atoms with van der Waals surface area (Å²) in [5.41, 5.74) is 7.06. The molecule has 0 aromatic carbocycles. The Morgan fingerprint density at radius 2 is 2.08 bits per heavy atom. The fraction of sp³-hybridized carbons (Fsp3) is 0.500. The van der Waals surface area contributed by atoms with Gasteiger partial charge in [0.05, 0.1) is 6.23 Å². The van der Waals surface area contributed by atoms with Crippen LogP contribution in [0.2, 0.25) is 0 Å². The van der Waals surface area contributed by atoms with Crippen molar-refractivity contribution in [2.75, 3.05) is 0 Å². The van der Waals surface area contributed by atoms with E-state index in [4.69, 9.17) is 5.11 Å². The van der Waals surface area contributed by atoms with Crippen LogP contribution in [0.4, 0.5) is 0 Å². The predicted molar refractivity (Wildman–Crippen MR) is 54.2 cm³/mol. The zero-order valence-corrected chi connectivity index (χ0v) is 8.49. The second-order valence-electron chi connectivity index (χ2n) is 2.90. The third kappa shape index (κ3) is 7.43. The van der Waals surface area contributed by atoms with Crippen LogP contribution in [0.15, 0.2) is 18.3 Å². The van der Waals surface area contributed by atoms with Gasteiger partial charge in [-0.05, 0) is 31.9 Å². The Morgan fingerprint density at radius 3 is 2.38 bits per heavy atom. The largest absolute Gasteiger partial charge is 0.379 e. The molecule has 0 aliphatic carbocycles. The molecule has 1 aromatic rings. The van der Waals surface area contributed by atoms with Crippen molar-refractivity contribution >= 4 is 0 Å². The summed E-state index contributed by atoms with van der Waals surface area (Å²) in [6, 6.07) is 4.15. The molecule has 13 heavy (non-hydrogen) atoms. The number of aromatic nitrogens is 1. The highest BCUT2D eigenvalue weighted by molar-refractivity contribution is 5.12. The SMILES string of the molecule is CC(N)O.CCc1ccc(C)nc1. The average molecular weight is 182 g/mol. The number of rotatable bonds is 1. The van der Waals surface area contributed by atoms with Crippen LogP contribution in [0.3, 0.4) is 0 Å². The zero-order valence-electron chi connectivity index (χ0n) is 8.49. The molecule has 0 spiro atoms. The van der Waals surface area contributed by atoms with Crippen LogP contribution in [0.5, 0.6) is 0 Å². The number of nitrogens with zero attached hydrogens (tertiary/aromatic N) is 1. The van der Waals surface area contributed by atoms with Gasteiger partial charge in [-0.25, -0.2) is 0 Å². The average Bonchev–Trinajstić information content (AvgIpc) is 2.05. The molecule has 3 N–H and O–H groups in total. The molecule has 3 heteroatoms. The monoisotopic (exact) mass is 182 g/mol. The van der Waals surface area contributed by atoms with Gasteiger partial charge in [-0.2, -0.15) is 0 Å². The zero-order chi connectivity index (χ0) is 10.3. The summed E-state index contributed by atoms with van der Waals surface area (Å²) in [6.45, 7) is 5.63. The van der Waals surface area contributed by atoms with Gasteiger partial charge in [-0.1, -0.05) is 13.0 Å². The van der Waals surface area contributed by atoms with Gasteiger partial charge in [-0.3, -0.25) is 4.98 Å². The number of aliphatic hydroxyl groups is 1. The molecule has 1 heterocycles. The topological polar surface area (TPSA) is 59.1 Å². The van der Waals surface area contributed by atoms with Crippen molar-refractivity contribution in [3.63, 3.8) is 0 Å². The summed E-state index contributed by atoms with van der Waals surface area (Å²) < 4.78 is 0. The molecular weight excluding hydrogens is 164 g/mol. The highest BCUT2D eigenvalue weighted by Crippen LogP contribution is 1.98. The molecule has 0 saturated carbocycles. The number of hydrogen-bond acceptors (Lipinski definition) is 3. The maximum atomic E-state index is 7.83. The van der Waals surface area contributed by atoms with E-state index in [1.807, 2.05) is 19.2 Å². The van der Waals surface area contributed by atoms with Crippen LogP contribution in [0.25, 0.3) is 0 Å². The molecule has 0 aliphatic heterocycles. The molecule has 0 aliphatic rings. The molecule has 1 atom stereocenters. The van der Waals surface area contributed by atoms with Crippen LogP contribution in [-0.2, 0) is 6.42 Å². The van der Waals surface area contributed by atoms with Crippen LogP contribution < -0.4 is 5.73 Å². The third-order valence-electron chi connectivity index (χ3n) is 1.38. The first-order valence-corrected chi connectivity index (χ1v) is 4.41. The molecule has 0 radical (unpaired) electrons. The minimum atomic E-state index is -0.667. The first kappa shape index (κ1) is 12.1. The van der Waals surface area contributed by atoms with Crippen LogP contribution >= 0.6 is 0 Å². The highest BCUT2D eigenvalue weighted by atomic mass is 16.3. The van der Waals surface area contributed by atoms with E-state index in [1.165, 1.54) is 12.5 Å². The van der Waals surface area contributed by atoms with E-state index in [0.29, 0.717) is 0 Å². The second-order valence-corrected chi connectivity index (χ2v) is 2.90. The Hall–Kier alpha value is -0.930. The van der Waals surface area contributed by atoms with Gasteiger partial charge in [0, 0.05) is 11.9 Å². The quantitative estimate of drug-likeness (QED) is 0.642. The predicted octanol–water partition coefficient (Wildman–Crippen LogP) is 1.24. The summed E-state index contributed by atoms with van der Waals surface area (Å²) in [5.74, 6) is 0. The van der Waals surface area contributed by atoms with Gasteiger partial charge < -0.3 is 10.8 Å². The highest BCUT2D eigenvalue weighted by Gasteiger charge is 1.86. The van der Waals surface area contributed by atoms with Crippen molar-refractivity contribution in [3.8, 4) is 0 Å². The van der Waals surface area contributed by atoms with E-state index < -0.39 is 6.23 Å². The first-order valence-electron chi connectivity index (χ1n) is 4.41.